The van der Waals surface area contributed by atoms with Crippen molar-refractivity contribution in [3.63, 3.8) is 0 Å². The van der Waals surface area contributed by atoms with Crippen LogP contribution in [-0.4, -0.2) is 38.6 Å². The van der Waals surface area contributed by atoms with Gasteiger partial charge in [0.05, 0.1) is 0 Å². The van der Waals surface area contributed by atoms with Crippen LogP contribution in [0.25, 0.3) is 0 Å². The molecule has 0 atom stereocenters. The van der Waals surface area contributed by atoms with Crippen LogP contribution in [0.15, 0.2) is 0 Å². The molecule has 0 aromatic heterocycles. The first-order chi connectivity index (χ1) is 4.27. The van der Waals surface area contributed by atoms with Crippen molar-refractivity contribution in [2.45, 2.75) is 28.2 Å². The summed E-state index contributed by atoms with van der Waals surface area (Å²) in [5, 5.41) is 3.32. The highest BCUT2D eigenvalue weighted by Crippen LogP contribution is 1.72. The van der Waals surface area contributed by atoms with Gasteiger partial charge >= 0.3 is 0 Å². The second kappa shape index (κ2) is 12.6. The van der Waals surface area contributed by atoms with Gasteiger partial charge in [-0.15, -0.1) is 0 Å². The summed E-state index contributed by atoms with van der Waals surface area (Å²) < 4.78 is 0. The highest BCUT2D eigenvalue weighted by atomic mass is 15.1. The molecule has 11 heavy (non-hydrogen) atoms. The molecule has 0 aliphatic carbocycles. The normalized spacial score (nSPS) is 8.73. The Balaban J connectivity index is -0.000000320. The molecule has 0 aromatic rings. The second-order valence-corrected chi connectivity index (χ2v) is 2.55. The molecule has 0 aliphatic rings. The lowest BCUT2D eigenvalue weighted by Gasteiger charge is -2.08. The molecule has 0 fully saturated rings. The van der Waals surface area contributed by atoms with Crippen molar-refractivity contribution in [1.29, 1.82) is 0 Å². The van der Waals surface area contributed by atoms with E-state index >= 15 is 0 Å². The van der Waals surface area contributed by atoms with Crippen LogP contribution < -0.4 is 5.32 Å². The highest BCUT2D eigenvalue weighted by Gasteiger charge is 1.86. The summed E-state index contributed by atoms with van der Waals surface area (Å²) in [6.07, 6.45) is 1.23. The lowest BCUT2D eigenvalue weighted by atomic mass is 10.4. The second-order valence-electron chi connectivity index (χ2n) is 2.55. The molecule has 0 radical (unpaired) electrons. The van der Waals surface area contributed by atoms with Gasteiger partial charge in [0.2, 0.25) is 0 Å². The van der Waals surface area contributed by atoms with E-state index in [0.29, 0.717) is 0 Å². The fourth-order valence-electron chi connectivity index (χ4n) is 0.604. The van der Waals surface area contributed by atoms with Gasteiger partial charge in [-0.05, 0) is 27.1 Å². The van der Waals surface area contributed by atoms with E-state index < -0.39 is 0 Å². The van der Waals surface area contributed by atoms with E-state index in [0.717, 1.165) is 19.6 Å². The predicted molar refractivity (Wildman–Crippen MR) is 55.2 cm³/mol. The molecule has 0 amide bonds. The SMILES string of the molecule is C.C.CCCNCCN(C)C. The molecule has 0 rings (SSSR count). The van der Waals surface area contributed by atoms with Crippen molar-refractivity contribution < 1.29 is 0 Å². The molecule has 72 valence electrons. The molecule has 0 bridgehead atoms. The first kappa shape index (κ1) is 17.1. The summed E-state index contributed by atoms with van der Waals surface area (Å²) in [6.45, 7) is 5.58. The Morgan fingerprint density at radius 3 is 2.00 bits per heavy atom. The molecule has 0 heterocycles. The summed E-state index contributed by atoms with van der Waals surface area (Å²) in [5.74, 6) is 0. The lowest BCUT2D eigenvalue weighted by molar-refractivity contribution is 0.400. The van der Waals surface area contributed by atoms with Crippen LogP contribution in [0, 0.1) is 0 Å². The molecular formula is C9H26N2. The average Bonchev–Trinajstić information content (AvgIpc) is 1.80. The molecule has 2 heteroatoms. The van der Waals surface area contributed by atoms with Gasteiger partial charge in [0, 0.05) is 13.1 Å². The van der Waals surface area contributed by atoms with E-state index in [9.17, 15) is 0 Å². The quantitative estimate of drug-likeness (QED) is 0.620. The van der Waals surface area contributed by atoms with Crippen molar-refractivity contribution in [3.05, 3.63) is 0 Å². The minimum atomic E-state index is 0. The number of hydrogen-bond acceptors (Lipinski definition) is 2. The molecule has 2 nitrogen and oxygen atoms in total. The highest BCUT2D eigenvalue weighted by molar-refractivity contribution is 4.48. The van der Waals surface area contributed by atoms with Crippen molar-refractivity contribution in [1.82, 2.24) is 10.2 Å². The number of nitrogens with zero attached hydrogens (tertiary/aromatic N) is 1. The number of likely N-dealkylation sites (N-methyl/N-ethyl adjacent to an activating group) is 1. The van der Waals surface area contributed by atoms with Crippen LogP contribution in [0.2, 0.25) is 0 Å². The van der Waals surface area contributed by atoms with Gasteiger partial charge in [-0.2, -0.15) is 0 Å². The fourth-order valence-corrected chi connectivity index (χ4v) is 0.604. The molecular weight excluding hydrogens is 136 g/mol. The standard InChI is InChI=1S/C7H18N2.2CH4/c1-4-5-8-6-7-9(2)3;;/h8H,4-7H2,1-3H3;2*1H4. The largest absolute Gasteiger partial charge is 0.315 e. The van der Waals surface area contributed by atoms with Crippen LogP contribution >= 0.6 is 0 Å². The molecule has 0 spiro atoms. The van der Waals surface area contributed by atoms with Crippen LogP contribution in [0.1, 0.15) is 28.2 Å². The predicted octanol–water partition coefficient (Wildman–Crippen LogP) is 1.82. The molecule has 0 saturated carbocycles. The third-order valence-corrected chi connectivity index (χ3v) is 1.16. The summed E-state index contributed by atoms with van der Waals surface area (Å²) in [5.41, 5.74) is 0. The smallest absolute Gasteiger partial charge is 0.0101 e. The number of nitrogens with one attached hydrogen (secondary N) is 1. The summed E-state index contributed by atoms with van der Waals surface area (Å²) in [4.78, 5) is 2.18. The van der Waals surface area contributed by atoms with Crippen molar-refractivity contribution in [2.24, 2.45) is 0 Å². The van der Waals surface area contributed by atoms with E-state index in [-0.39, 0.29) is 14.9 Å². The minimum absolute atomic E-state index is 0. The van der Waals surface area contributed by atoms with E-state index in [1.165, 1.54) is 6.42 Å². The van der Waals surface area contributed by atoms with E-state index in [1.807, 2.05) is 0 Å². The third-order valence-electron chi connectivity index (χ3n) is 1.16. The third kappa shape index (κ3) is 17.8. The van der Waals surface area contributed by atoms with E-state index in [2.05, 4.69) is 31.2 Å². The van der Waals surface area contributed by atoms with Gasteiger partial charge in [0.25, 0.3) is 0 Å². The average molecular weight is 162 g/mol. The molecule has 0 aromatic carbocycles. The zero-order valence-electron chi connectivity index (χ0n) is 6.78. The zero-order valence-corrected chi connectivity index (χ0v) is 6.78. The van der Waals surface area contributed by atoms with E-state index in [1.54, 1.807) is 0 Å². The maximum Gasteiger partial charge on any atom is 0.0101 e. The Hall–Kier alpha value is -0.0800. The Morgan fingerprint density at radius 2 is 1.64 bits per heavy atom. The lowest BCUT2D eigenvalue weighted by Crippen LogP contribution is -2.26. The van der Waals surface area contributed by atoms with Crippen LogP contribution in [0.3, 0.4) is 0 Å². The monoisotopic (exact) mass is 162 g/mol. The van der Waals surface area contributed by atoms with Gasteiger partial charge < -0.3 is 10.2 Å². The van der Waals surface area contributed by atoms with Gasteiger partial charge in [-0.1, -0.05) is 21.8 Å². The van der Waals surface area contributed by atoms with Gasteiger partial charge in [0.1, 0.15) is 0 Å². The number of rotatable bonds is 5. The maximum atomic E-state index is 3.32. The summed E-state index contributed by atoms with van der Waals surface area (Å²) >= 11 is 0. The van der Waals surface area contributed by atoms with Gasteiger partial charge in [-0.25, -0.2) is 0 Å². The minimum Gasteiger partial charge on any atom is -0.315 e. The van der Waals surface area contributed by atoms with Crippen molar-refractivity contribution in [2.75, 3.05) is 33.7 Å². The topological polar surface area (TPSA) is 15.3 Å². The van der Waals surface area contributed by atoms with Crippen LogP contribution in [0.5, 0.6) is 0 Å². The molecule has 1 N–H and O–H groups in total. The zero-order chi connectivity index (χ0) is 7.11. The Labute approximate surface area is 73.0 Å². The summed E-state index contributed by atoms with van der Waals surface area (Å²) in [7, 11) is 4.18. The molecule has 0 aliphatic heterocycles. The van der Waals surface area contributed by atoms with Crippen LogP contribution in [-0.2, 0) is 0 Å². The molecule has 0 saturated heterocycles. The fraction of sp³-hybridized carbons (Fsp3) is 1.00. The maximum absolute atomic E-state index is 3.32. The Morgan fingerprint density at radius 1 is 1.09 bits per heavy atom. The molecule has 0 unspecified atom stereocenters. The van der Waals surface area contributed by atoms with Crippen molar-refractivity contribution in [3.8, 4) is 0 Å². The Bertz CT molecular complexity index is 53.5. The van der Waals surface area contributed by atoms with Gasteiger partial charge in [0.15, 0.2) is 0 Å². The summed E-state index contributed by atoms with van der Waals surface area (Å²) in [6, 6.07) is 0. The van der Waals surface area contributed by atoms with Crippen molar-refractivity contribution >= 4 is 0 Å². The van der Waals surface area contributed by atoms with Crippen LogP contribution in [0.4, 0.5) is 0 Å². The Kier molecular flexibility index (Phi) is 19.6. The van der Waals surface area contributed by atoms with Gasteiger partial charge in [-0.3, -0.25) is 0 Å². The first-order valence-corrected chi connectivity index (χ1v) is 3.62. The first-order valence-electron chi connectivity index (χ1n) is 3.62. The van der Waals surface area contributed by atoms with E-state index in [4.69, 9.17) is 0 Å². The number of hydrogen-bond donors (Lipinski definition) is 1.